The van der Waals surface area contributed by atoms with Crippen molar-refractivity contribution in [3.63, 3.8) is 0 Å². The number of nitrogen functional groups attached to an aromatic ring is 1. The molecule has 3 fully saturated rings. The van der Waals surface area contributed by atoms with Crippen molar-refractivity contribution in [2.75, 3.05) is 31.7 Å². The number of nitrogens with two attached hydrogens (primary N) is 1. The van der Waals surface area contributed by atoms with Gasteiger partial charge in [0.05, 0.1) is 0 Å². The van der Waals surface area contributed by atoms with Crippen molar-refractivity contribution in [1.29, 1.82) is 0 Å². The third kappa shape index (κ3) is 4.46. The molecule has 14 heteroatoms. The van der Waals surface area contributed by atoms with E-state index in [2.05, 4.69) is 15.5 Å². The maximum Gasteiger partial charge on any atom is 0.352 e. The maximum atomic E-state index is 13.0. The highest BCUT2D eigenvalue weighted by molar-refractivity contribution is 8.00. The van der Waals surface area contributed by atoms with Gasteiger partial charge in [0.25, 0.3) is 11.8 Å². The molecular formula is C22H24N6O6S2. The van der Waals surface area contributed by atoms with Crippen LogP contribution < -0.4 is 11.1 Å². The zero-order valence-corrected chi connectivity index (χ0v) is 20.9. The molecule has 3 aliphatic heterocycles. The highest BCUT2D eigenvalue weighted by atomic mass is 32.2. The van der Waals surface area contributed by atoms with Crippen molar-refractivity contribution in [3.8, 4) is 0 Å². The largest absolute Gasteiger partial charge is 0.477 e. The lowest BCUT2D eigenvalue weighted by Gasteiger charge is -2.49. The molecule has 0 radical (unpaired) electrons. The fourth-order valence-electron chi connectivity index (χ4n) is 4.45. The number of fused-ring (bicyclic) bond motifs is 1. The number of amides is 3. The summed E-state index contributed by atoms with van der Waals surface area (Å²) in [6.07, 6.45) is 4.45. The lowest BCUT2D eigenvalue weighted by Crippen LogP contribution is -2.71. The quantitative estimate of drug-likeness (QED) is 0.186. The third-order valence-corrected chi connectivity index (χ3v) is 8.36. The predicted octanol–water partition coefficient (Wildman–Crippen LogP) is 0.383. The van der Waals surface area contributed by atoms with E-state index < -0.39 is 29.2 Å². The van der Waals surface area contributed by atoms with Gasteiger partial charge in [-0.2, -0.15) is 0 Å². The summed E-state index contributed by atoms with van der Waals surface area (Å²) in [5, 5.41) is 17.4. The van der Waals surface area contributed by atoms with E-state index in [0.29, 0.717) is 30.0 Å². The minimum Gasteiger partial charge on any atom is -0.477 e. The average molecular weight is 533 g/mol. The molecule has 3 amide bonds. The highest BCUT2D eigenvalue weighted by Gasteiger charge is 2.54. The van der Waals surface area contributed by atoms with Gasteiger partial charge in [0, 0.05) is 29.8 Å². The van der Waals surface area contributed by atoms with Crippen LogP contribution in [0.3, 0.4) is 0 Å². The molecule has 2 saturated heterocycles. The second-order valence-corrected chi connectivity index (χ2v) is 10.8. The van der Waals surface area contributed by atoms with E-state index in [9.17, 15) is 24.3 Å². The number of hydrogen-bond donors (Lipinski definition) is 3. The van der Waals surface area contributed by atoms with E-state index in [1.54, 1.807) is 6.08 Å². The zero-order valence-electron chi connectivity index (χ0n) is 19.3. The number of nitrogens with one attached hydrogen (secondary N) is 1. The van der Waals surface area contributed by atoms with Gasteiger partial charge in [0.15, 0.2) is 10.8 Å². The first-order valence-corrected chi connectivity index (χ1v) is 13.3. The molecule has 4 heterocycles. The second-order valence-electron chi connectivity index (χ2n) is 8.85. The summed E-state index contributed by atoms with van der Waals surface area (Å²) in [6.45, 7) is 1.37. The number of oxime groups is 1. The lowest BCUT2D eigenvalue weighted by atomic mass is 10.0. The van der Waals surface area contributed by atoms with Gasteiger partial charge in [-0.25, -0.2) is 9.78 Å². The number of anilines is 1. The number of allylic oxidation sites excluding steroid dienone is 1. The maximum absolute atomic E-state index is 13.0. The molecule has 5 rings (SSSR count). The number of carboxylic acids is 1. The molecule has 1 aromatic heterocycles. The number of carbonyl (C=O) groups excluding carboxylic acids is 3. The van der Waals surface area contributed by atoms with Gasteiger partial charge in [-0.15, -0.1) is 23.1 Å². The molecule has 0 unspecified atom stereocenters. The van der Waals surface area contributed by atoms with Crippen LogP contribution in [0.5, 0.6) is 0 Å². The lowest BCUT2D eigenvalue weighted by molar-refractivity contribution is -0.150. The van der Waals surface area contributed by atoms with Gasteiger partial charge >= 0.3 is 5.97 Å². The minimum atomic E-state index is -1.26. The van der Waals surface area contributed by atoms with Crippen molar-refractivity contribution in [2.45, 2.75) is 30.7 Å². The topological polar surface area (TPSA) is 168 Å². The number of carboxylic acid groups (broad SMARTS) is 1. The number of thiazole rings is 1. The molecular weight excluding hydrogens is 508 g/mol. The summed E-state index contributed by atoms with van der Waals surface area (Å²) < 4.78 is 0. The first-order chi connectivity index (χ1) is 17.3. The Bertz CT molecular complexity index is 1240. The first-order valence-electron chi connectivity index (χ1n) is 11.3. The van der Waals surface area contributed by atoms with Gasteiger partial charge in [-0.3, -0.25) is 19.3 Å². The Morgan fingerprint density at radius 3 is 2.81 bits per heavy atom. The SMILES string of the molecule is CO/N=C(\C(=O)N[C@@H]1C(=O)N2C(C(=O)O)=C(/C=C3\CCN(CC4CC4)C3=O)CS[C@H]12)c1csc(N)n1. The van der Waals surface area contributed by atoms with Crippen molar-refractivity contribution in [2.24, 2.45) is 11.1 Å². The molecule has 36 heavy (non-hydrogen) atoms. The fourth-order valence-corrected chi connectivity index (χ4v) is 6.31. The number of carbonyl (C=O) groups is 4. The smallest absolute Gasteiger partial charge is 0.352 e. The van der Waals surface area contributed by atoms with Crippen molar-refractivity contribution < 1.29 is 29.1 Å². The number of rotatable bonds is 8. The fraction of sp³-hybridized carbons (Fsp3) is 0.455. The zero-order chi connectivity index (χ0) is 25.6. The van der Waals surface area contributed by atoms with Crippen molar-refractivity contribution in [3.05, 3.63) is 34.0 Å². The van der Waals surface area contributed by atoms with E-state index in [-0.39, 0.29) is 33.9 Å². The number of hydrogen-bond acceptors (Lipinski definition) is 10. The molecule has 12 nitrogen and oxygen atoms in total. The monoisotopic (exact) mass is 532 g/mol. The normalized spacial score (nSPS) is 25.2. The number of nitrogens with zero attached hydrogens (tertiary/aromatic N) is 4. The Hall–Kier alpha value is -3.39. The summed E-state index contributed by atoms with van der Waals surface area (Å²) >= 11 is 2.45. The molecule has 4 N–H and O–H groups in total. The predicted molar refractivity (Wildman–Crippen MR) is 132 cm³/mol. The van der Waals surface area contributed by atoms with Crippen LogP contribution in [0.25, 0.3) is 0 Å². The van der Waals surface area contributed by atoms with Gasteiger partial charge in [0.2, 0.25) is 5.91 Å². The minimum absolute atomic E-state index is 0.0704. The molecule has 190 valence electrons. The van der Waals surface area contributed by atoms with E-state index in [1.807, 2.05) is 4.90 Å². The van der Waals surface area contributed by atoms with Crippen LogP contribution in [-0.2, 0) is 24.0 Å². The summed E-state index contributed by atoms with van der Waals surface area (Å²) in [7, 11) is 1.27. The van der Waals surface area contributed by atoms with E-state index in [1.165, 1.54) is 29.2 Å². The average Bonchev–Trinajstić information content (AvgIpc) is 3.48. The molecule has 0 spiro atoms. The van der Waals surface area contributed by atoms with E-state index >= 15 is 0 Å². The second kappa shape index (κ2) is 9.58. The third-order valence-electron chi connectivity index (χ3n) is 6.39. The Kier molecular flexibility index (Phi) is 6.47. The molecule has 1 aromatic rings. The van der Waals surface area contributed by atoms with Crippen LogP contribution in [0.15, 0.2) is 33.5 Å². The summed E-state index contributed by atoms with van der Waals surface area (Å²) in [5.41, 5.74) is 6.51. The molecule has 1 saturated carbocycles. The molecule has 2 atom stereocenters. The number of thioether (sulfide) groups is 1. The molecule has 1 aliphatic carbocycles. The Morgan fingerprint density at radius 2 is 2.17 bits per heavy atom. The summed E-state index contributed by atoms with van der Waals surface area (Å²) in [5.74, 6) is -1.73. The summed E-state index contributed by atoms with van der Waals surface area (Å²) in [6, 6.07) is -0.953. The number of aromatic nitrogens is 1. The standard InChI is InChI=1S/C22H24N6O6S2/c1-34-26-14(13-9-36-22(23)24-13)17(29)25-15-19(31)28-16(21(32)33)12(8-35-20(15)28)6-11-4-5-27(18(11)30)7-10-2-3-10/h6,9-10,15,20H,2-5,7-8H2,1H3,(H2,23,24)(H,25,29)(H,32,33)/b11-6+,26-14-/t15-,20-/m1/s1. The number of likely N-dealkylation sites (tertiary alicyclic amines) is 1. The van der Waals surface area contributed by atoms with Crippen molar-refractivity contribution >= 4 is 57.6 Å². The van der Waals surface area contributed by atoms with E-state index in [4.69, 9.17) is 10.6 Å². The van der Waals surface area contributed by atoms with Crippen LogP contribution in [-0.4, -0.2) is 86.7 Å². The Morgan fingerprint density at radius 1 is 1.39 bits per heavy atom. The van der Waals surface area contributed by atoms with Crippen LogP contribution in [0, 0.1) is 5.92 Å². The van der Waals surface area contributed by atoms with Crippen LogP contribution in [0.2, 0.25) is 0 Å². The first kappa shape index (κ1) is 24.3. The van der Waals surface area contributed by atoms with Crippen LogP contribution in [0.4, 0.5) is 5.13 Å². The number of aliphatic carboxylic acids is 1. The van der Waals surface area contributed by atoms with Crippen molar-refractivity contribution in [1.82, 2.24) is 20.1 Å². The summed E-state index contributed by atoms with van der Waals surface area (Å²) in [4.78, 5) is 62.6. The molecule has 0 bridgehead atoms. The molecule has 4 aliphatic rings. The van der Waals surface area contributed by atoms with E-state index in [0.717, 1.165) is 30.7 Å². The van der Waals surface area contributed by atoms with Crippen LogP contribution >= 0.6 is 23.1 Å². The highest BCUT2D eigenvalue weighted by Crippen LogP contribution is 2.41. The van der Waals surface area contributed by atoms with Gasteiger partial charge in [-0.05, 0) is 36.8 Å². The Balaban J connectivity index is 1.33. The van der Waals surface area contributed by atoms with Gasteiger partial charge in [-0.1, -0.05) is 5.16 Å². The Labute approximate surface area is 214 Å². The van der Waals surface area contributed by atoms with Gasteiger partial charge < -0.3 is 25.9 Å². The van der Waals surface area contributed by atoms with Gasteiger partial charge in [0.1, 0.15) is 29.9 Å². The molecule has 0 aromatic carbocycles. The van der Waals surface area contributed by atoms with Crippen LogP contribution in [0.1, 0.15) is 25.0 Å². The number of β-lactam (4-membered cyclic amide) rings is 1.